The van der Waals surface area contributed by atoms with Crippen LogP contribution in [-0.2, 0) is 4.74 Å². The first-order valence-electron chi connectivity index (χ1n) is 5.34. The second-order valence-corrected chi connectivity index (χ2v) is 4.89. The number of halogens is 1. The third-order valence-corrected chi connectivity index (χ3v) is 3.59. The van der Waals surface area contributed by atoms with E-state index < -0.39 is 0 Å². The van der Waals surface area contributed by atoms with Crippen molar-refractivity contribution in [2.24, 2.45) is 0 Å². The minimum absolute atomic E-state index is 0.168. The van der Waals surface area contributed by atoms with Crippen LogP contribution < -0.4 is 0 Å². The van der Waals surface area contributed by atoms with Crippen LogP contribution in [0.5, 0.6) is 0 Å². The van der Waals surface area contributed by atoms with E-state index in [-0.39, 0.29) is 5.82 Å². The molecule has 0 saturated carbocycles. The summed E-state index contributed by atoms with van der Waals surface area (Å²) < 4.78 is 18.2. The summed E-state index contributed by atoms with van der Waals surface area (Å²) >= 11 is 1.77. The van der Waals surface area contributed by atoms with Crippen LogP contribution in [0.1, 0.15) is 19.3 Å². The molecule has 0 aliphatic carbocycles. The van der Waals surface area contributed by atoms with E-state index in [2.05, 4.69) is 0 Å². The van der Waals surface area contributed by atoms with E-state index >= 15 is 0 Å². The Bertz CT molecular complexity index is 293. The lowest BCUT2D eigenvalue weighted by molar-refractivity contribution is 0.109. The van der Waals surface area contributed by atoms with E-state index in [1.807, 2.05) is 12.1 Å². The Labute approximate surface area is 94.0 Å². The predicted molar refractivity (Wildman–Crippen MR) is 60.7 cm³/mol. The number of benzene rings is 1. The van der Waals surface area contributed by atoms with Gasteiger partial charge in [-0.05, 0) is 43.5 Å². The molecule has 0 aromatic heterocycles. The van der Waals surface area contributed by atoms with Gasteiger partial charge in [0.05, 0.1) is 6.10 Å². The van der Waals surface area contributed by atoms with Crippen molar-refractivity contribution < 1.29 is 9.13 Å². The van der Waals surface area contributed by atoms with Crippen LogP contribution in [0.15, 0.2) is 29.2 Å². The monoisotopic (exact) mass is 226 g/mol. The lowest BCUT2D eigenvalue weighted by Gasteiger charge is -2.08. The molecule has 15 heavy (non-hydrogen) atoms. The second-order valence-electron chi connectivity index (χ2n) is 3.73. The molecule has 0 radical (unpaired) electrons. The van der Waals surface area contributed by atoms with Crippen LogP contribution in [0.3, 0.4) is 0 Å². The maximum Gasteiger partial charge on any atom is 0.123 e. The molecule has 0 N–H and O–H groups in total. The Morgan fingerprint density at radius 2 is 2.13 bits per heavy atom. The van der Waals surface area contributed by atoms with Gasteiger partial charge in [0.15, 0.2) is 0 Å². The third kappa shape index (κ3) is 3.50. The van der Waals surface area contributed by atoms with Gasteiger partial charge in [0, 0.05) is 17.3 Å². The predicted octanol–water partition coefficient (Wildman–Crippen LogP) is 3.49. The van der Waals surface area contributed by atoms with Crippen LogP contribution in [0.2, 0.25) is 0 Å². The van der Waals surface area contributed by atoms with E-state index in [9.17, 15) is 4.39 Å². The summed E-state index contributed by atoms with van der Waals surface area (Å²) in [5, 5.41) is 0. The molecule has 2 rings (SSSR count). The lowest BCUT2D eigenvalue weighted by atomic mass is 10.2. The highest BCUT2D eigenvalue weighted by molar-refractivity contribution is 7.99. The van der Waals surface area contributed by atoms with Crippen LogP contribution in [0.25, 0.3) is 0 Å². The topological polar surface area (TPSA) is 9.23 Å². The van der Waals surface area contributed by atoms with Crippen molar-refractivity contribution in [2.45, 2.75) is 30.3 Å². The van der Waals surface area contributed by atoms with Crippen molar-refractivity contribution in [2.75, 3.05) is 12.4 Å². The van der Waals surface area contributed by atoms with Crippen LogP contribution in [0, 0.1) is 5.82 Å². The molecule has 1 unspecified atom stereocenters. The average molecular weight is 226 g/mol. The minimum atomic E-state index is -0.168. The molecule has 1 aromatic rings. The van der Waals surface area contributed by atoms with E-state index in [4.69, 9.17) is 4.74 Å². The fourth-order valence-electron chi connectivity index (χ4n) is 1.71. The van der Waals surface area contributed by atoms with Gasteiger partial charge in [0.2, 0.25) is 0 Å². The highest BCUT2D eigenvalue weighted by Crippen LogP contribution is 2.22. The number of thioether (sulfide) groups is 1. The standard InChI is InChI=1S/C12H15FOS/c13-10-3-5-12(6-4-10)15-9-7-11-2-1-8-14-11/h3-6,11H,1-2,7-9H2. The zero-order valence-electron chi connectivity index (χ0n) is 8.62. The molecule has 1 aliphatic rings. The molecule has 3 heteroatoms. The zero-order chi connectivity index (χ0) is 10.5. The van der Waals surface area contributed by atoms with Gasteiger partial charge < -0.3 is 4.74 Å². The summed E-state index contributed by atoms with van der Waals surface area (Å²) in [5.74, 6) is 0.884. The Balaban J connectivity index is 1.71. The van der Waals surface area contributed by atoms with Gasteiger partial charge >= 0.3 is 0 Å². The van der Waals surface area contributed by atoms with Crippen molar-refractivity contribution in [3.05, 3.63) is 30.1 Å². The molecule has 1 saturated heterocycles. The van der Waals surface area contributed by atoms with Gasteiger partial charge in [-0.1, -0.05) is 0 Å². The lowest BCUT2D eigenvalue weighted by Crippen LogP contribution is -2.05. The van der Waals surface area contributed by atoms with E-state index in [0.717, 1.165) is 23.7 Å². The smallest absolute Gasteiger partial charge is 0.123 e. The SMILES string of the molecule is Fc1ccc(SCCC2CCCO2)cc1. The second kappa shape index (κ2) is 5.52. The molecule has 82 valence electrons. The van der Waals surface area contributed by atoms with Crippen LogP contribution in [-0.4, -0.2) is 18.5 Å². The van der Waals surface area contributed by atoms with Crippen molar-refractivity contribution in [1.29, 1.82) is 0 Å². The summed E-state index contributed by atoms with van der Waals surface area (Å²) in [5.41, 5.74) is 0. The summed E-state index contributed by atoms with van der Waals surface area (Å²) in [6, 6.07) is 6.67. The molecule has 1 heterocycles. The summed E-state index contributed by atoms with van der Waals surface area (Å²) in [6.45, 7) is 0.923. The summed E-state index contributed by atoms with van der Waals surface area (Å²) in [7, 11) is 0. The molecule has 1 atom stereocenters. The molecular formula is C12H15FOS. The Kier molecular flexibility index (Phi) is 4.03. The molecule has 1 aromatic carbocycles. The van der Waals surface area contributed by atoms with Gasteiger partial charge in [0.1, 0.15) is 5.82 Å². The maximum absolute atomic E-state index is 12.6. The fraction of sp³-hybridized carbons (Fsp3) is 0.500. The zero-order valence-corrected chi connectivity index (χ0v) is 9.43. The van der Waals surface area contributed by atoms with Gasteiger partial charge in [-0.3, -0.25) is 0 Å². The van der Waals surface area contributed by atoms with Crippen LogP contribution >= 0.6 is 11.8 Å². The molecule has 0 amide bonds. The van der Waals surface area contributed by atoms with E-state index in [1.165, 1.54) is 25.0 Å². The van der Waals surface area contributed by atoms with Gasteiger partial charge in [-0.15, -0.1) is 11.8 Å². The van der Waals surface area contributed by atoms with Crippen molar-refractivity contribution >= 4 is 11.8 Å². The third-order valence-electron chi connectivity index (χ3n) is 2.55. The Hall–Kier alpha value is -0.540. The largest absolute Gasteiger partial charge is 0.378 e. The average Bonchev–Trinajstić information content (AvgIpc) is 2.74. The highest BCUT2D eigenvalue weighted by atomic mass is 32.2. The normalized spacial score (nSPS) is 20.7. The first-order valence-corrected chi connectivity index (χ1v) is 6.33. The van der Waals surface area contributed by atoms with Gasteiger partial charge in [-0.2, -0.15) is 0 Å². The Morgan fingerprint density at radius 3 is 2.80 bits per heavy atom. The Morgan fingerprint density at radius 1 is 1.33 bits per heavy atom. The first kappa shape index (κ1) is 11.0. The van der Waals surface area contributed by atoms with Crippen molar-refractivity contribution in [3.63, 3.8) is 0 Å². The number of rotatable bonds is 4. The van der Waals surface area contributed by atoms with Gasteiger partial charge in [0.25, 0.3) is 0 Å². The molecular weight excluding hydrogens is 211 g/mol. The fourth-order valence-corrected chi connectivity index (χ4v) is 2.66. The number of hydrogen-bond acceptors (Lipinski definition) is 2. The van der Waals surface area contributed by atoms with Gasteiger partial charge in [-0.25, -0.2) is 4.39 Å². The summed E-state index contributed by atoms with van der Waals surface area (Å²) in [4.78, 5) is 1.13. The molecule has 1 nitrogen and oxygen atoms in total. The van der Waals surface area contributed by atoms with E-state index in [0.29, 0.717) is 6.10 Å². The molecule has 1 fully saturated rings. The summed E-state index contributed by atoms with van der Waals surface area (Å²) in [6.07, 6.45) is 3.95. The molecule has 0 bridgehead atoms. The number of hydrogen-bond donors (Lipinski definition) is 0. The molecule has 0 spiro atoms. The number of ether oxygens (including phenoxy) is 1. The highest BCUT2D eigenvalue weighted by Gasteiger charge is 2.14. The molecule has 1 aliphatic heterocycles. The van der Waals surface area contributed by atoms with Crippen molar-refractivity contribution in [1.82, 2.24) is 0 Å². The minimum Gasteiger partial charge on any atom is -0.378 e. The van der Waals surface area contributed by atoms with Crippen molar-refractivity contribution in [3.8, 4) is 0 Å². The van der Waals surface area contributed by atoms with E-state index in [1.54, 1.807) is 11.8 Å². The maximum atomic E-state index is 12.6. The first-order chi connectivity index (χ1) is 7.34. The quantitative estimate of drug-likeness (QED) is 0.727. The van der Waals surface area contributed by atoms with Crippen LogP contribution in [0.4, 0.5) is 4.39 Å².